The van der Waals surface area contributed by atoms with E-state index in [1.165, 1.54) is 19.3 Å². The maximum Gasteiger partial charge on any atom is 0.0600 e. The predicted octanol–water partition coefficient (Wildman–Crippen LogP) is 2.21. The maximum atomic E-state index is 5.95. The summed E-state index contributed by atoms with van der Waals surface area (Å²) in [4.78, 5) is 0. The van der Waals surface area contributed by atoms with Crippen LogP contribution < -0.4 is 5.32 Å². The molecule has 0 bridgehead atoms. The molecule has 0 aliphatic heterocycles. The van der Waals surface area contributed by atoms with Crippen LogP contribution in [-0.4, -0.2) is 39.0 Å². The molecule has 0 heterocycles. The highest BCUT2D eigenvalue weighted by atomic mass is 16.5. The number of rotatable bonds is 7. The Balaban J connectivity index is 2.11. The number of hydrogen-bond donors (Lipinski definition) is 1. The van der Waals surface area contributed by atoms with E-state index in [1.807, 2.05) is 0 Å². The Kier molecular flexibility index (Phi) is 7.01. The Labute approximate surface area is 99.9 Å². The van der Waals surface area contributed by atoms with Gasteiger partial charge in [0.05, 0.1) is 18.8 Å². The zero-order chi connectivity index (χ0) is 11.8. The Bertz CT molecular complexity index is 175. The van der Waals surface area contributed by atoms with Crippen LogP contribution >= 0.6 is 0 Å². The van der Waals surface area contributed by atoms with Gasteiger partial charge in [-0.1, -0.05) is 13.8 Å². The van der Waals surface area contributed by atoms with Crippen molar-refractivity contribution < 1.29 is 9.47 Å². The molecule has 0 aromatic rings. The van der Waals surface area contributed by atoms with Gasteiger partial charge in [0, 0.05) is 7.11 Å². The number of methoxy groups -OCH3 is 1. The van der Waals surface area contributed by atoms with E-state index < -0.39 is 0 Å². The molecule has 1 rings (SSSR count). The van der Waals surface area contributed by atoms with Crippen LogP contribution in [0, 0.1) is 5.92 Å². The summed E-state index contributed by atoms with van der Waals surface area (Å²) in [7, 11) is 1.81. The van der Waals surface area contributed by atoms with E-state index in [2.05, 4.69) is 19.2 Å². The smallest absolute Gasteiger partial charge is 0.0600 e. The minimum atomic E-state index is 0.419. The van der Waals surface area contributed by atoms with E-state index in [-0.39, 0.29) is 0 Å². The fraction of sp³-hybridized carbons (Fsp3) is 1.00. The first-order chi connectivity index (χ1) is 7.76. The lowest BCUT2D eigenvalue weighted by Gasteiger charge is -2.29. The van der Waals surface area contributed by atoms with Crippen molar-refractivity contribution in [1.29, 1.82) is 0 Å². The van der Waals surface area contributed by atoms with Gasteiger partial charge in [-0.3, -0.25) is 0 Å². The molecule has 0 aromatic heterocycles. The summed E-state index contributed by atoms with van der Waals surface area (Å²) in [6, 6.07) is 0. The largest absolute Gasteiger partial charge is 0.381 e. The Morgan fingerprint density at radius 3 is 2.75 bits per heavy atom. The van der Waals surface area contributed by atoms with Crippen molar-refractivity contribution in [3.63, 3.8) is 0 Å². The van der Waals surface area contributed by atoms with Gasteiger partial charge in [0.15, 0.2) is 0 Å². The minimum Gasteiger partial charge on any atom is -0.381 e. The van der Waals surface area contributed by atoms with Crippen LogP contribution in [0.5, 0.6) is 0 Å². The van der Waals surface area contributed by atoms with E-state index in [4.69, 9.17) is 9.47 Å². The van der Waals surface area contributed by atoms with Crippen molar-refractivity contribution >= 4 is 0 Å². The molecule has 1 N–H and O–H groups in total. The molecule has 0 radical (unpaired) electrons. The lowest BCUT2D eigenvalue weighted by Crippen LogP contribution is -2.30. The predicted molar refractivity (Wildman–Crippen MR) is 66.7 cm³/mol. The second-order valence-electron chi connectivity index (χ2n) is 4.89. The molecule has 1 fully saturated rings. The SMILES string of the molecule is CCNCC(C)COC1CCCC(OC)C1. The van der Waals surface area contributed by atoms with E-state index in [1.54, 1.807) is 7.11 Å². The maximum absolute atomic E-state index is 5.95. The van der Waals surface area contributed by atoms with Crippen LogP contribution in [0.3, 0.4) is 0 Å². The first-order valence-corrected chi connectivity index (χ1v) is 6.61. The summed E-state index contributed by atoms with van der Waals surface area (Å²) in [5.74, 6) is 0.600. The first-order valence-electron chi connectivity index (χ1n) is 6.61. The second-order valence-corrected chi connectivity index (χ2v) is 4.89. The Hall–Kier alpha value is -0.120. The van der Waals surface area contributed by atoms with E-state index in [0.717, 1.165) is 26.1 Å². The van der Waals surface area contributed by atoms with Crippen molar-refractivity contribution in [1.82, 2.24) is 5.32 Å². The average molecular weight is 229 g/mol. The third-order valence-corrected chi connectivity index (χ3v) is 3.27. The Morgan fingerprint density at radius 1 is 1.31 bits per heavy atom. The quantitative estimate of drug-likeness (QED) is 0.726. The molecule has 0 aromatic carbocycles. The fourth-order valence-corrected chi connectivity index (χ4v) is 2.22. The van der Waals surface area contributed by atoms with Crippen LogP contribution in [0.4, 0.5) is 0 Å². The van der Waals surface area contributed by atoms with Crippen LogP contribution in [0.1, 0.15) is 39.5 Å². The van der Waals surface area contributed by atoms with Gasteiger partial charge in [0.25, 0.3) is 0 Å². The van der Waals surface area contributed by atoms with Gasteiger partial charge in [-0.2, -0.15) is 0 Å². The fourth-order valence-electron chi connectivity index (χ4n) is 2.22. The topological polar surface area (TPSA) is 30.5 Å². The van der Waals surface area contributed by atoms with Crippen molar-refractivity contribution in [3.8, 4) is 0 Å². The van der Waals surface area contributed by atoms with Gasteiger partial charge in [-0.15, -0.1) is 0 Å². The molecule has 0 amide bonds. The number of hydrogen-bond acceptors (Lipinski definition) is 3. The lowest BCUT2D eigenvalue weighted by molar-refractivity contribution is -0.0382. The minimum absolute atomic E-state index is 0.419. The van der Waals surface area contributed by atoms with Gasteiger partial charge in [-0.25, -0.2) is 0 Å². The molecule has 3 unspecified atom stereocenters. The zero-order valence-corrected chi connectivity index (χ0v) is 11.0. The van der Waals surface area contributed by atoms with Gasteiger partial charge >= 0.3 is 0 Å². The normalized spacial score (nSPS) is 27.9. The number of ether oxygens (including phenoxy) is 2. The van der Waals surface area contributed by atoms with Crippen LogP contribution in [0.2, 0.25) is 0 Å². The van der Waals surface area contributed by atoms with Crippen molar-refractivity contribution in [3.05, 3.63) is 0 Å². The summed E-state index contributed by atoms with van der Waals surface area (Å²) >= 11 is 0. The van der Waals surface area contributed by atoms with Crippen LogP contribution in [0.15, 0.2) is 0 Å². The molecule has 0 saturated heterocycles. The molecule has 3 heteroatoms. The first kappa shape index (κ1) is 13.9. The molecular weight excluding hydrogens is 202 g/mol. The molecule has 0 spiro atoms. The monoisotopic (exact) mass is 229 g/mol. The zero-order valence-electron chi connectivity index (χ0n) is 11.0. The van der Waals surface area contributed by atoms with Crippen LogP contribution in [0.25, 0.3) is 0 Å². The molecule has 1 aliphatic carbocycles. The van der Waals surface area contributed by atoms with Crippen molar-refractivity contribution in [2.24, 2.45) is 5.92 Å². The average Bonchev–Trinajstić information content (AvgIpc) is 2.34. The standard InChI is InChI=1S/C13H27NO2/c1-4-14-9-11(2)10-16-13-7-5-6-12(8-13)15-3/h11-14H,4-10H2,1-3H3. The molecular formula is C13H27NO2. The second kappa shape index (κ2) is 8.04. The van der Waals surface area contributed by atoms with Gasteiger partial charge in [0.2, 0.25) is 0 Å². The summed E-state index contributed by atoms with van der Waals surface area (Å²) < 4.78 is 11.4. The third kappa shape index (κ3) is 5.28. The van der Waals surface area contributed by atoms with Crippen molar-refractivity contribution in [2.75, 3.05) is 26.8 Å². The van der Waals surface area contributed by atoms with Gasteiger partial charge < -0.3 is 14.8 Å². The lowest BCUT2D eigenvalue weighted by atomic mass is 9.95. The van der Waals surface area contributed by atoms with E-state index in [9.17, 15) is 0 Å². The number of nitrogens with one attached hydrogen (secondary N) is 1. The van der Waals surface area contributed by atoms with E-state index in [0.29, 0.717) is 18.1 Å². The molecule has 16 heavy (non-hydrogen) atoms. The van der Waals surface area contributed by atoms with Crippen molar-refractivity contribution in [2.45, 2.75) is 51.7 Å². The summed E-state index contributed by atoms with van der Waals surface area (Å²) in [5, 5.41) is 3.35. The third-order valence-electron chi connectivity index (χ3n) is 3.27. The van der Waals surface area contributed by atoms with Crippen LogP contribution in [-0.2, 0) is 9.47 Å². The highest BCUT2D eigenvalue weighted by Crippen LogP contribution is 2.23. The summed E-state index contributed by atoms with van der Waals surface area (Å²) in [6.07, 6.45) is 5.55. The van der Waals surface area contributed by atoms with Gasteiger partial charge in [-0.05, 0) is 44.7 Å². The molecule has 3 atom stereocenters. The highest BCUT2D eigenvalue weighted by molar-refractivity contribution is 4.73. The molecule has 1 aliphatic rings. The van der Waals surface area contributed by atoms with E-state index >= 15 is 0 Å². The molecule has 3 nitrogen and oxygen atoms in total. The molecule has 96 valence electrons. The molecule has 1 saturated carbocycles. The highest BCUT2D eigenvalue weighted by Gasteiger charge is 2.22. The Morgan fingerprint density at radius 2 is 2.06 bits per heavy atom. The summed E-state index contributed by atoms with van der Waals surface area (Å²) in [6.45, 7) is 7.34. The summed E-state index contributed by atoms with van der Waals surface area (Å²) in [5.41, 5.74) is 0. The van der Waals surface area contributed by atoms with Gasteiger partial charge in [0.1, 0.15) is 0 Å².